The monoisotopic (exact) mass is 341 g/mol. The van der Waals surface area contributed by atoms with Crippen LogP contribution in [0.3, 0.4) is 0 Å². The van der Waals surface area contributed by atoms with Crippen LogP contribution in [-0.2, 0) is 4.79 Å². The normalized spacial score (nSPS) is 10.0. The van der Waals surface area contributed by atoms with Crippen molar-refractivity contribution in [2.75, 3.05) is 30.8 Å². The van der Waals surface area contributed by atoms with E-state index >= 15 is 0 Å². The Kier molecular flexibility index (Phi) is 6.83. The first-order chi connectivity index (χ1) is 12.1. The van der Waals surface area contributed by atoms with Gasteiger partial charge in [0.15, 0.2) is 0 Å². The number of amides is 2. The van der Waals surface area contributed by atoms with Crippen LogP contribution in [0.4, 0.5) is 11.4 Å². The molecule has 2 amide bonds. The maximum atomic E-state index is 12.0. The van der Waals surface area contributed by atoms with Crippen LogP contribution in [0.15, 0.2) is 48.5 Å². The number of nitrogens with one attached hydrogen (secondary N) is 3. The van der Waals surface area contributed by atoms with Gasteiger partial charge in [0.25, 0.3) is 5.91 Å². The molecule has 2 aromatic carbocycles. The number of rotatable bonds is 8. The lowest BCUT2D eigenvalue weighted by Crippen LogP contribution is -2.22. The lowest BCUT2D eigenvalue weighted by molar-refractivity contribution is -0.114. The first kappa shape index (κ1) is 18.3. The molecule has 0 saturated heterocycles. The molecule has 0 aliphatic rings. The van der Waals surface area contributed by atoms with Crippen LogP contribution in [0.25, 0.3) is 0 Å². The van der Waals surface area contributed by atoms with Gasteiger partial charge >= 0.3 is 0 Å². The van der Waals surface area contributed by atoms with Gasteiger partial charge in [0, 0.05) is 30.1 Å². The predicted octanol–water partition coefficient (Wildman–Crippen LogP) is 2.89. The quantitative estimate of drug-likeness (QED) is 0.690. The Bertz CT molecular complexity index is 714. The number of hydrogen-bond donors (Lipinski definition) is 3. The molecule has 25 heavy (non-hydrogen) atoms. The van der Waals surface area contributed by atoms with Crippen molar-refractivity contribution in [3.63, 3.8) is 0 Å². The second-order valence-corrected chi connectivity index (χ2v) is 5.43. The molecule has 0 aromatic heterocycles. The van der Waals surface area contributed by atoms with Gasteiger partial charge in [-0.2, -0.15) is 0 Å². The van der Waals surface area contributed by atoms with Crippen molar-refractivity contribution in [2.24, 2.45) is 0 Å². The highest BCUT2D eigenvalue weighted by atomic mass is 16.5. The molecular formula is C19H23N3O3. The summed E-state index contributed by atoms with van der Waals surface area (Å²) in [5.41, 5.74) is 2.00. The maximum Gasteiger partial charge on any atom is 0.251 e. The second-order valence-electron chi connectivity index (χ2n) is 5.43. The fraction of sp³-hybridized carbons (Fsp3) is 0.263. The summed E-state index contributed by atoms with van der Waals surface area (Å²) < 4.78 is 5.56. The highest BCUT2D eigenvalue weighted by Crippen LogP contribution is 2.17. The van der Waals surface area contributed by atoms with Gasteiger partial charge in [0.05, 0.1) is 13.2 Å². The minimum atomic E-state index is -0.174. The Morgan fingerprint density at radius 2 is 1.80 bits per heavy atom. The third-order valence-corrected chi connectivity index (χ3v) is 3.42. The molecule has 6 heteroatoms. The standard InChI is InChI=1S/C19H23N3O3/c1-3-11-25-17-6-4-5-16(12-17)21-13-18(23)22-15-9-7-14(8-10-15)19(24)20-2/h4-10,12,21H,3,11,13H2,1-2H3,(H,20,24)(H,22,23). The van der Waals surface area contributed by atoms with Crippen molar-refractivity contribution in [3.05, 3.63) is 54.1 Å². The Morgan fingerprint density at radius 1 is 1.04 bits per heavy atom. The molecule has 0 heterocycles. The van der Waals surface area contributed by atoms with Crippen LogP contribution in [0.5, 0.6) is 5.75 Å². The number of ether oxygens (including phenoxy) is 1. The second kappa shape index (κ2) is 9.32. The summed E-state index contributed by atoms with van der Waals surface area (Å²) in [6.07, 6.45) is 0.943. The number of carbonyl (C=O) groups is 2. The molecule has 0 atom stereocenters. The van der Waals surface area contributed by atoms with E-state index in [1.54, 1.807) is 31.3 Å². The predicted molar refractivity (Wildman–Crippen MR) is 99.2 cm³/mol. The molecular weight excluding hydrogens is 318 g/mol. The smallest absolute Gasteiger partial charge is 0.251 e. The number of carbonyl (C=O) groups excluding carboxylic acids is 2. The molecule has 2 rings (SSSR count). The van der Waals surface area contributed by atoms with Crippen LogP contribution >= 0.6 is 0 Å². The minimum Gasteiger partial charge on any atom is -0.494 e. The molecule has 2 aromatic rings. The third-order valence-electron chi connectivity index (χ3n) is 3.42. The largest absolute Gasteiger partial charge is 0.494 e. The molecule has 6 nitrogen and oxygen atoms in total. The van der Waals surface area contributed by atoms with Crippen molar-refractivity contribution in [3.8, 4) is 5.75 Å². The summed E-state index contributed by atoms with van der Waals surface area (Å²) in [5.74, 6) is 0.439. The molecule has 132 valence electrons. The van der Waals surface area contributed by atoms with Crippen molar-refractivity contribution < 1.29 is 14.3 Å². The van der Waals surface area contributed by atoms with Crippen LogP contribution in [0, 0.1) is 0 Å². The van der Waals surface area contributed by atoms with E-state index in [0.29, 0.717) is 17.9 Å². The zero-order valence-corrected chi connectivity index (χ0v) is 14.5. The number of anilines is 2. The molecule has 0 aliphatic carbocycles. The topological polar surface area (TPSA) is 79.5 Å². The van der Waals surface area contributed by atoms with E-state index in [0.717, 1.165) is 17.9 Å². The highest BCUT2D eigenvalue weighted by Gasteiger charge is 2.05. The van der Waals surface area contributed by atoms with E-state index < -0.39 is 0 Å². The number of benzene rings is 2. The lowest BCUT2D eigenvalue weighted by atomic mass is 10.2. The minimum absolute atomic E-state index is 0.133. The van der Waals surface area contributed by atoms with Gasteiger partial charge in [-0.15, -0.1) is 0 Å². The van der Waals surface area contributed by atoms with Gasteiger partial charge in [-0.05, 0) is 42.8 Å². The lowest BCUT2D eigenvalue weighted by Gasteiger charge is -2.10. The summed E-state index contributed by atoms with van der Waals surface area (Å²) in [7, 11) is 1.58. The van der Waals surface area contributed by atoms with Crippen LogP contribution < -0.4 is 20.7 Å². The summed E-state index contributed by atoms with van der Waals surface area (Å²) in [5, 5.41) is 8.40. The maximum absolute atomic E-state index is 12.0. The zero-order chi connectivity index (χ0) is 18.1. The Hall–Kier alpha value is -3.02. The van der Waals surface area contributed by atoms with E-state index in [4.69, 9.17) is 4.74 Å². The van der Waals surface area contributed by atoms with E-state index in [9.17, 15) is 9.59 Å². The SMILES string of the molecule is CCCOc1cccc(NCC(=O)Nc2ccc(C(=O)NC)cc2)c1. The first-order valence-electron chi connectivity index (χ1n) is 8.21. The average Bonchev–Trinajstić information content (AvgIpc) is 2.65. The average molecular weight is 341 g/mol. The van der Waals surface area contributed by atoms with Crippen molar-refractivity contribution in [1.82, 2.24) is 5.32 Å². The van der Waals surface area contributed by atoms with E-state index in [1.165, 1.54) is 0 Å². The van der Waals surface area contributed by atoms with Gasteiger partial charge in [0.2, 0.25) is 5.91 Å². The van der Waals surface area contributed by atoms with E-state index in [1.807, 2.05) is 31.2 Å². The molecule has 3 N–H and O–H groups in total. The molecule has 0 radical (unpaired) electrons. The van der Waals surface area contributed by atoms with Crippen molar-refractivity contribution in [2.45, 2.75) is 13.3 Å². The Balaban J connectivity index is 1.85. The van der Waals surface area contributed by atoms with Crippen molar-refractivity contribution in [1.29, 1.82) is 0 Å². The van der Waals surface area contributed by atoms with Crippen LogP contribution in [0.2, 0.25) is 0 Å². The number of hydrogen-bond acceptors (Lipinski definition) is 4. The molecule has 0 spiro atoms. The fourth-order valence-electron chi connectivity index (χ4n) is 2.15. The molecule has 0 bridgehead atoms. The van der Waals surface area contributed by atoms with Gasteiger partial charge in [-0.25, -0.2) is 0 Å². The third kappa shape index (κ3) is 5.84. The molecule has 0 fully saturated rings. The van der Waals surface area contributed by atoms with E-state index in [2.05, 4.69) is 16.0 Å². The van der Waals surface area contributed by atoms with E-state index in [-0.39, 0.29) is 18.4 Å². The summed E-state index contributed by atoms with van der Waals surface area (Å²) in [4.78, 5) is 23.5. The van der Waals surface area contributed by atoms with Gasteiger partial charge in [-0.3, -0.25) is 9.59 Å². The molecule has 0 aliphatic heterocycles. The summed E-state index contributed by atoms with van der Waals surface area (Å²) in [6.45, 7) is 2.85. The van der Waals surface area contributed by atoms with Gasteiger partial charge < -0.3 is 20.7 Å². The Labute approximate surface area is 147 Å². The zero-order valence-electron chi connectivity index (χ0n) is 14.5. The fourth-order valence-corrected chi connectivity index (χ4v) is 2.15. The Morgan fingerprint density at radius 3 is 2.48 bits per heavy atom. The van der Waals surface area contributed by atoms with Gasteiger partial charge in [0.1, 0.15) is 5.75 Å². The van der Waals surface area contributed by atoms with Crippen LogP contribution in [-0.4, -0.2) is 32.0 Å². The molecule has 0 saturated carbocycles. The van der Waals surface area contributed by atoms with Crippen molar-refractivity contribution >= 4 is 23.2 Å². The van der Waals surface area contributed by atoms with Gasteiger partial charge in [-0.1, -0.05) is 13.0 Å². The summed E-state index contributed by atoms with van der Waals surface area (Å²) in [6, 6.07) is 14.2. The summed E-state index contributed by atoms with van der Waals surface area (Å²) >= 11 is 0. The van der Waals surface area contributed by atoms with Crippen LogP contribution in [0.1, 0.15) is 23.7 Å². The first-order valence-corrected chi connectivity index (χ1v) is 8.21. The molecule has 0 unspecified atom stereocenters. The highest BCUT2D eigenvalue weighted by molar-refractivity contribution is 5.96.